The number of anilines is 1. The molecule has 0 unspecified atom stereocenters. The van der Waals surface area contributed by atoms with Crippen LogP contribution in [0.5, 0.6) is 5.75 Å². The minimum absolute atomic E-state index is 0.0471. The molecule has 0 spiro atoms. The van der Waals surface area contributed by atoms with Crippen molar-refractivity contribution >= 4 is 51.0 Å². The number of nitrogens with one attached hydrogen (secondary N) is 1. The second-order valence-corrected chi connectivity index (χ2v) is 10.2. The molecule has 0 aliphatic carbocycles. The van der Waals surface area contributed by atoms with E-state index in [-0.39, 0.29) is 10.6 Å². The summed E-state index contributed by atoms with van der Waals surface area (Å²) in [4.78, 5) is 12.8. The van der Waals surface area contributed by atoms with Crippen molar-refractivity contribution < 1.29 is 17.9 Å². The second-order valence-electron chi connectivity index (χ2n) is 7.46. The lowest BCUT2D eigenvalue weighted by Gasteiger charge is -2.25. The van der Waals surface area contributed by atoms with Crippen molar-refractivity contribution in [1.29, 1.82) is 0 Å². The first-order chi connectivity index (χ1) is 16.1. The monoisotopic (exact) mass is 519 g/mol. The average Bonchev–Trinajstić information content (AvgIpc) is 2.79. The number of halogens is 2. The Kier molecular flexibility index (Phi) is 8.19. The molecular weight excluding hydrogens is 497 g/mol. The van der Waals surface area contributed by atoms with E-state index in [0.717, 1.165) is 15.4 Å². The maximum absolute atomic E-state index is 13.6. The van der Waals surface area contributed by atoms with Crippen molar-refractivity contribution in [3.63, 3.8) is 0 Å². The Morgan fingerprint density at radius 2 is 1.71 bits per heavy atom. The Labute approximate surface area is 209 Å². The van der Waals surface area contributed by atoms with Crippen LogP contribution in [-0.2, 0) is 14.8 Å². The highest BCUT2D eigenvalue weighted by atomic mass is 35.5. The van der Waals surface area contributed by atoms with Crippen LogP contribution >= 0.6 is 23.2 Å². The summed E-state index contributed by atoms with van der Waals surface area (Å²) >= 11 is 12.0. The lowest BCUT2D eigenvalue weighted by molar-refractivity contribution is -0.119. The van der Waals surface area contributed by atoms with Crippen LogP contribution in [0.15, 0.2) is 70.7 Å². The van der Waals surface area contributed by atoms with Gasteiger partial charge in [-0.05, 0) is 55.8 Å². The molecule has 0 fully saturated rings. The van der Waals surface area contributed by atoms with Crippen molar-refractivity contribution in [1.82, 2.24) is 5.43 Å². The highest BCUT2D eigenvalue weighted by molar-refractivity contribution is 7.92. The summed E-state index contributed by atoms with van der Waals surface area (Å²) in [5, 5.41) is 4.73. The van der Waals surface area contributed by atoms with Gasteiger partial charge in [0.15, 0.2) is 0 Å². The summed E-state index contributed by atoms with van der Waals surface area (Å²) < 4.78 is 33.5. The normalized spacial score (nSPS) is 11.4. The number of carbonyl (C=O) groups is 1. The Balaban J connectivity index is 1.92. The number of methoxy groups -OCH3 is 1. The molecule has 178 valence electrons. The van der Waals surface area contributed by atoms with E-state index in [1.807, 2.05) is 13.8 Å². The summed E-state index contributed by atoms with van der Waals surface area (Å²) in [6.07, 6.45) is 1.35. The fourth-order valence-corrected chi connectivity index (χ4v) is 4.96. The Bertz CT molecular complexity index is 1330. The molecule has 3 aromatic rings. The largest absolute Gasteiger partial charge is 0.495 e. The predicted octanol–water partition coefficient (Wildman–Crippen LogP) is 4.96. The zero-order chi connectivity index (χ0) is 24.9. The van der Waals surface area contributed by atoms with Gasteiger partial charge in [0.2, 0.25) is 0 Å². The molecule has 0 aliphatic rings. The zero-order valence-electron chi connectivity index (χ0n) is 18.7. The van der Waals surface area contributed by atoms with Gasteiger partial charge in [-0.1, -0.05) is 53.0 Å². The van der Waals surface area contributed by atoms with Gasteiger partial charge in [0.1, 0.15) is 12.3 Å². The summed E-state index contributed by atoms with van der Waals surface area (Å²) in [6, 6.07) is 16.3. The summed E-state index contributed by atoms with van der Waals surface area (Å²) in [7, 11) is -2.66. The van der Waals surface area contributed by atoms with Crippen LogP contribution in [0.3, 0.4) is 0 Å². The first-order valence-electron chi connectivity index (χ1n) is 10.1. The minimum atomic E-state index is -4.10. The molecule has 0 heterocycles. The fraction of sp³-hybridized carbons (Fsp3) is 0.167. The van der Waals surface area contributed by atoms with Crippen molar-refractivity contribution in [3.05, 3.63) is 87.4 Å². The number of nitrogens with zero attached hydrogens (tertiary/aromatic N) is 2. The number of rotatable bonds is 8. The number of hydrogen-bond acceptors (Lipinski definition) is 5. The van der Waals surface area contributed by atoms with Gasteiger partial charge in [0.25, 0.3) is 15.9 Å². The molecule has 34 heavy (non-hydrogen) atoms. The minimum Gasteiger partial charge on any atom is -0.495 e. The lowest BCUT2D eigenvalue weighted by Crippen LogP contribution is -2.39. The number of sulfonamides is 1. The molecule has 0 aliphatic heterocycles. The summed E-state index contributed by atoms with van der Waals surface area (Å²) in [6.45, 7) is 3.15. The third kappa shape index (κ3) is 6.08. The molecule has 10 heteroatoms. The zero-order valence-corrected chi connectivity index (χ0v) is 21.1. The molecule has 0 radical (unpaired) electrons. The number of amides is 1. The van der Waals surface area contributed by atoms with Crippen molar-refractivity contribution in [3.8, 4) is 5.75 Å². The quantitative estimate of drug-likeness (QED) is 0.336. The van der Waals surface area contributed by atoms with Crippen LogP contribution in [0.4, 0.5) is 5.69 Å². The third-order valence-corrected chi connectivity index (χ3v) is 7.19. The van der Waals surface area contributed by atoms with Gasteiger partial charge in [0.05, 0.1) is 28.9 Å². The Morgan fingerprint density at radius 1 is 1.03 bits per heavy atom. The highest BCUT2D eigenvalue weighted by Crippen LogP contribution is 2.33. The van der Waals surface area contributed by atoms with Crippen LogP contribution in [0.1, 0.15) is 16.7 Å². The van der Waals surface area contributed by atoms with E-state index in [9.17, 15) is 13.2 Å². The lowest BCUT2D eigenvalue weighted by atomic mass is 10.2. The van der Waals surface area contributed by atoms with E-state index in [0.29, 0.717) is 21.4 Å². The van der Waals surface area contributed by atoms with Crippen LogP contribution in [0, 0.1) is 13.8 Å². The van der Waals surface area contributed by atoms with Gasteiger partial charge in [-0.2, -0.15) is 5.10 Å². The van der Waals surface area contributed by atoms with E-state index >= 15 is 0 Å². The van der Waals surface area contributed by atoms with Gasteiger partial charge in [0, 0.05) is 10.6 Å². The maximum atomic E-state index is 13.6. The van der Waals surface area contributed by atoms with Gasteiger partial charge >= 0.3 is 0 Å². The van der Waals surface area contributed by atoms with Gasteiger partial charge in [-0.15, -0.1) is 0 Å². The summed E-state index contributed by atoms with van der Waals surface area (Å²) in [5.74, 6) is -0.342. The topological polar surface area (TPSA) is 88.1 Å². The van der Waals surface area contributed by atoms with Crippen LogP contribution in [0.25, 0.3) is 0 Å². The van der Waals surface area contributed by atoms with E-state index in [2.05, 4.69) is 10.5 Å². The molecule has 0 saturated heterocycles. The number of hydrogen-bond donors (Lipinski definition) is 1. The molecular formula is C24H23Cl2N3O4S. The van der Waals surface area contributed by atoms with Gasteiger partial charge in [-0.3, -0.25) is 9.10 Å². The van der Waals surface area contributed by atoms with Gasteiger partial charge < -0.3 is 4.74 Å². The number of ether oxygens (including phenoxy) is 1. The third-order valence-electron chi connectivity index (χ3n) is 4.85. The highest BCUT2D eigenvalue weighted by Gasteiger charge is 2.29. The first-order valence-corrected chi connectivity index (χ1v) is 12.3. The second kappa shape index (κ2) is 10.9. The maximum Gasteiger partial charge on any atom is 0.264 e. The molecule has 0 atom stereocenters. The first kappa shape index (κ1) is 25.6. The molecule has 1 amide bonds. The van der Waals surface area contributed by atoms with Crippen LogP contribution < -0.4 is 14.5 Å². The van der Waals surface area contributed by atoms with Crippen molar-refractivity contribution in [2.45, 2.75) is 18.7 Å². The van der Waals surface area contributed by atoms with E-state index < -0.39 is 22.5 Å². The van der Waals surface area contributed by atoms with E-state index in [4.69, 9.17) is 27.9 Å². The molecule has 3 aromatic carbocycles. The molecule has 7 nitrogen and oxygen atoms in total. The van der Waals surface area contributed by atoms with Crippen LogP contribution in [0.2, 0.25) is 10.0 Å². The predicted molar refractivity (Wildman–Crippen MR) is 136 cm³/mol. The average molecular weight is 520 g/mol. The number of hydrazone groups is 1. The molecule has 0 aromatic heterocycles. The van der Waals surface area contributed by atoms with Gasteiger partial charge in [-0.25, -0.2) is 13.8 Å². The van der Waals surface area contributed by atoms with E-state index in [1.165, 1.54) is 25.5 Å². The Hall–Kier alpha value is -3.07. The summed E-state index contributed by atoms with van der Waals surface area (Å²) in [5.41, 5.74) is 4.84. The molecule has 3 rings (SSSR count). The molecule has 1 N–H and O–H groups in total. The van der Waals surface area contributed by atoms with Crippen molar-refractivity contribution in [2.75, 3.05) is 18.0 Å². The standard InChI is InChI=1S/C24H23Cl2N3O4S/c1-16-4-9-20(10-5-16)34(31,32)29(22-12-17(2)6-11-23(22)33-3)15-24(30)28-27-14-18-7-8-19(25)13-21(18)26/h4-14H,15H2,1-3H3,(H,28,30)/b27-14-. The smallest absolute Gasteiger partial charge is 0.264 e. The SMILES string of the molecule is COc1ccc(C)cc1N(CC(=O)N/N=C\c1ccc(Cl)cc1Cl)S(=O)(=O)c1ccc(C)cc1. The number of benzene rings is 3. The van der Waals surface area contributed by atoms with Crippen LogP contribution in [-0.4, -0.2) is 34.2 Å². The van der Waals surface area contributed by atoms with E-state index in [1.54, 1.807) is 48.5 Å². The number of carbonyl (C=O) groups excluding carboxylic acids is 1. The molecule has 0 saturated carbocycles. The fourth-order valence-electron chi connectivity index (χ4n) is 3.08. The number of aryl methyl sites for hydroxylation is 2. The van der Waals surface area contributed by atoms with Crippen molar-refractivity contribution in [2.24, 2.45) is 5.10 Å². The molecule has 0 bridgehead atoms. The Morgan fingerprint density at radius 3 is 2.35 bits per heavy atom.